The fraction of sp³-hybridized carbons (Fsp3) is 0.727. The number of ketones is 1. The average molecular weight is 374 g/mol. The van der Waals surface area contributed by atoms with Crippen molar-refractivity contribution in [1.29, 1.82) is 0 Å². The summed E-state index contributed by atoms with van der Waals surface area (Å²) in [6, 6.07) is -0.139. The molecule has 3 N–H and O–H groups in total. The molecule has 1 atom stereocenters. The summed E-state index contributed by atoms with van der Waals surface area (Å²) in [5.74, 6) is 2.51. The lowest BCUT2D eigenvalue weighted by atomic mass is 9.49. The number of esters is 1. The molecule has 5 rings (SSSR count). The Balaban J connectivity index is 1.44. The van der Waals surface area contributed by atoms with Crippen molar-refractivity contribution in [1.82, 2.24) is 4.98 Å². The highest BCUT2D eigenvalue weighted by atomic mass is 16.5. The highest BCUT2D eigenvalue weighted by Gasteiger charge is 2.52. The van der Waals surface area contributed by atoms with Crippen molar-refractivity contribution >= 4 is 11.8 Å². The zero-order chi connectivity index (χ0) is 19.3. The Bertz CT molecular complexity index is 729. The van der Waals surface area contributed by atoms with E-state index in [2.05, 4.69) is 10.3 Å². The summed E-state index contributed by atoms with van der Waals surface area (Å²) in [6.45, 7) is 6.71. The van der Waals surface area contributed by atoms with Gasteiger partial charge in [0, 0.05) is 11.1 Å². The highest BCUT2D eigenvalue weighted by molar-refractivity contribution is 6.03. The van der Waals surface area contributed by atoms with E-state index >= 15 is 0 Å². The Morgan fingerprint density at radius 1 is 1.15 bits per heavy atom. The van der Waals surface area contributed by atoms with Crippen LogP contribution < -0.4 is 5.32 Å². The standard InChI is InChI=1S/C22H32N2O3/c1-12-18(21(26)27-4)13(2)24-19(12)20(25)14(3)23-11-22-8-15-5-16(9-22)7-17(6-15)10-22/h14-17,23-24H,5-11H2,1-4H3/p+1/t14-,15?,16?,17?,22?/m0/s1. The van der Waals surface area contributed by atoms with Crippen molar-refractivity contribution in [3.8, 4) is 0 Å². The lowest BCUT2D eigenvalue weighted by Gasteiger charge is -2.56. The van der Waals surface area contributed by atoms with E-state index in [4.69, 9.17) is 4.74 Å². The van der Waals surface area contributed by atoms with E-state index in [1.165, 1.54) is 45.6 Å². The number of rotatable bonds is 6. The van der Waals surface area contributed by atoms with Crippen LogP contribution in [-0.2, 0) is 4.74 Å². The molecule has 0 amide bonds. The number of hydrogen-bond donors (Lipinski definition) is 2. The van der Waals surface area contributed by atoms with Gasteiger partial charge in [0.05, 0.1) is 24.9 Å². The molecule has 0 saturated heterocycles. The number of aromatic nitrogens is 1. The number of aryl methyl sites for hydroxylation is 1. The normalized spacial score (nSPS) is 32.5. The van der Waals surface area contributed by atoms with Crippen molar-refractivity contribution in [2.75, 3.05) is 13.7 Å². The SMILES string of the molecule is COC(=O)c1c(C)[nH]c(C(=O)[C@H](C)[NH2+]CC23CC4CC(CC(C4)C2)C3)c1C. The van der Waals surface area contributed by atoms with Gasteiger partial charge in [-0.1, -0.05) is 0 Å². The van der Waals surface area contributed by atoms with E-state index in [1.807, 2.05) is 20.8 Å². The molecule has 5 heteroatoms. The van der Waals surface area contributed by atoms with Gasteiger partial charge in [0.25, 0.3) is 0 Å². The topological polar surface area (TPSA) is 75.8 Å². The maximum absolute atomic E-state index is 13.0. The molecule has 27 heavy (non-hydrogen) atoms. The fourth-order valence-electron chi connectivity index (χ4n) is 6.71. The number of hydrogen-bond acceptors (Lipinski definition) is 3. The van der Waals surface area contributed by atoms with Crippen LogP contribution in [0.15, 0.2) is 0 Å². The number of Topliss-reactive ketones (excluding diaryl/α,β-unsaturated/α-hetero) is 1. The predicted molar refractivity (Wildman–Crippen MR) is 103 cm³/mol. The van der Waals surface area contributed by atoms with Gasteiger partial charge in [-0.2, -0.15) is 0 Å². The fourth-order valence-corrected chi connectivity index (χ4v) is 6.71. The van der Waals surface area contributed by atoms with E-state index in [1.54, 1.807) is 0 Å². The molecule has 0 spiro atoms. The van der Waals surface area contributed by atoms with E-state index in [0.29, 0.717) is 27.9 Å². The molecule has 1 aromatic heterocycles. The Kier molecular flexibility index (Phi) is 4.69. The number of carbonyl (C=O) groups is 2. The average Bonchev–Trinajstić information content (AvgIpc) is 2.91. The number of carbonyl (C=O) groups excluding carboxylic acids is 2. The molecular formula is C22H33N2O3+. The molecule has 148 valence electrons. The van der Waals surface area contributed by atoms with Crippen LogP contribution in [0.3, 0.4) is 0 Å². The van der Waals surface area contributed by atoms with Crippen LogP contribution in [0.1, 0.15) is 77.6 Å². The number of nitrogens with one attached hydrogen (secondary N) is 1. The molecule has 4 aliphatic carbocycles. The Labute approximate surface area is 161 Å². The van der Waals surface area contributed by atoms with Crippen LogP contribution in [0.5, 0.6) is 0 Å². The van der Waals surface area contributed by atoms with Gasteiger partial charge in [-0.15, -0.1) is 0 Å². The number of ether oxygens (including phenoxy) is 1. The monoisotopic (exact) mass is 373 g/mol. The first kappa shape index (κ1) is 18.7. The third-order valence-electron chi connectivity index (χ3n) is 7.56. The maximum Gasteiger partial charge on any atom is 0.339 e. The van der Waals surface area contributed by atoms with Crippen LogP contribution in [0, 0.1) is 37.0 Å². The van der Waals surface area contributed by atoms with Crippen molar-refractivity contribution in [3.63, 3.8) is 0 Å². The molecule has 4 bridgehead atoms. The second-order valence-electron chi connectivity index (χ2n) is 9.63. The number of H-pyrrole nitrogens is 1. The molecule has 0 aliphatic heterocycles. The summed E-state index contributed by atoms with van der Waals surface area (Å²) in [6.07, 6.45) is 8.44. The third kappa shape index (κ3) is 3.24. The van der Waals surface area contributed by atoms with Crippen LogP contribution in [0.2, 0.25) is 0 Å². The molecule has 4 fully saturated rings. The zero-order valence-corrected chi connectivity index (χ0v) is 17.1. The summed E-state index contributed by atoms with van der Waals surface area (Å²) in [5, 5.41) is 2.25. The number of quaternary nitrogens is 1. The molecule has 4 saturated carbocycles. The van der Waals surface area contributed by atoms with Gasteiger partial charge in [-0.3, -0.25) is 4.79 Å². The van der Waals surface area contributed by atoms with Crippen molar-refractivity contribution in [2.24, 2.45) is 23.2 Å². The van der Waals surface area contributed by atoms with Gasteiger partial charge in [0.15, 0.2) is 0 Å². The predicted octanol–water partition coefficient (Wildman–Crippen LogP) is 2.77. The van der Waals surface area contributed by atoms with E-state index in [0.717, 1.165) is 24.3 Å². The quantitative estimate of drug-likeness (QED) is 0.595. The van der Waals surface area contributed by atoms with Gasteiger partial charge < -0.3 is 15.0 Å². The second-order valence-corrected chi connectivity index (χ2v) is 9.63. The molecule has 5 nitrogen and oxygen atoms in total. The molecule has 0 unspecified atom stereocenters. The molecule has 0 radical (unpaired) electrons. The summed E-state index contributed by atoms with van der Waals surface area (Å²) in [4.78, 5) is 28.2. The summed E-state index contributed by atoms with van der Waals surface area (Å²) in [5.41, 5.74) is 2.92. The first-order valence-corrected chi connectivity index (χ1v) is 10.5. The Morgan fingerprint density at radius 3 is 2.22 bits per heavy atom. The van der Waals surface area contributed by atoms with Crippen LogP contribution in [-0.4, -0.2) is 36.4 Å². The van der Waals surface area contributed by atoms with Crippen molar-refractivity contribution in [2.45, 2.75) is 65.3 Å². The van der Waals surface area contributed by atoms with Gasteiger partial charge in [0.2, 0.25) is 5.78 Å². The minimum Gasteiger partial charge on any atom is -0.465 e. The van der Waals surface area contributed by atoms with Gasteiger partial charge in [0.1, 0.15) is 6.04 Å². The number of aromatic amines is 1. The first-order chi connectivity index (χ1) is 12.8. The van der Waals surface area contributed by atoms with Crippen LogP contribution in [0.25, 0.3) is 0 Å². The van der Waals surface area contributed by atoms with E-state index in [-0.39, 0.29) is 17.8 Å². The Hall–Kier alpha value is -1.62. The largest absolute Gasteiger partial charge is 0.465 e. The van der Waals surface area contributed by atoms with Crippen LogP contribution >= 0.6 is 0 Å². The summed E-state index contributed by atoms with van der Waals surface area (Å²) < 4.78 is 4.86. The smallest absolute Gasteiger partial charge is 0.339 e. The summed E-state index contributed by atoms with van der Waals surface area (Å²) in [7, 11) is 1.37. The molecule has 4 aliphatic rings. The van der Waals surface area contributed by atoms with Crippen molar-refractivity contribution in [3.05, 3.63) is 22.5 Å². The molecule has 1 aromatic rings. The zero-order valence-electron chi connectivity index (χ0n) is 17.1. The third-order valence-corrected chi connectivity index (χ3v) is 7.56. The molecule has 1 heterocycles. The highest BCUT2D eigenvalue weighted by Crippen LogP contribution is 2.59. The number of nitrogens with two attached hydrogens (primary N) is 1. The summed E-state index contributed by atoms with van der Waals surface area (Å²) >= 11 is 0. The first-order valence-electron chi connectivity index (χ1n) is 10.5. The van der Waals surface area contributed by atoms with Crippen molar-refractivity contribution < 1.29 is 19.6 Å². The van der Waals surface area contributed by atoms with Gasteiger partial charge in [-0.05, 0) is 82.6 Å². The van der Waals surface area contributed by atoms with E-state index < -0.39 is 0 Å². The number of methoxy groups -OCH3 is 1. The Morgan fingerprint density at radius 2 is 1.70 bits per heavy atom. The minimum atomic E-state index is -0.384. The van der Waals surface area contributed by atoms with Gasteiger partial charge >= 0.3 is 5.97 Å². The van der Waals surface area contributed by atoms with Crippen LogP contribution in [0.4, 0.5) is 0 Å². The lowest BCUT2D eigenvalue weighted by molar-refractivity contribution is -0.685. The maximum atomic E-state index is 13.0. The lowest BCUT2D eigenvalue weighted by Crippen LogP contribution is -2.93. The van der Waals surface area contributed by atoms with Gasteiger partial charge in [-0.25, -0.2) is 4.79 Å². The second kappa shape index (κ2) is 6.77. The minimum absolute atomic E-state index is 0.0791. The van der Waals surface area contributed by atoms with E-state index in [9.17, 15) is 9.59 Å². The molecule has 0 aromatic carbocycles. The molecular weight excluding hydrogens is 340 g/mol.